The van der Waals surface area contributed by atoms with Crippen molar-refractivity contribution >= 4 is 57.9 Å². The quantitative estimate of drug-likeness (QED) is 0.147. The molecular formula is C25H18IN3O6. The Morgan fingerprint density at radius 2 is 1.71 bits per heavy atom. The van der Waals surface area contributed by atoms with E-state index in [4.69, 9.17) is 4.74 Å². The normalized spacial score (nSPS) is 14.7. The van der Waals surface area contributed by atoms with E-state index < -0.39 is 22.8 Å². The lowest BCUT2D eigenvalue weighted by Gasteiger charge is -2.26. The molecule has 35 heavy (non-hydrogen) atoms. The van der Waals surface area contributed by atoms with Gasteiger partial charge in [0.05, 0.1) is 14.2 Å². The lowest BCUT2D eigenvalue weighted by Crippen LogP contribution is -2.54. The lowest BCUT2D eigenvalue weighted by molar-refractivity contribution is -0.384. The lowest BCUT2D eigenvalue weighted by atomic mass is 10.1. The van der Waals surface area contributed by atoms with Crippen LogP contribution in [0.3, 0.4) is 0 Å². The first kappa shape index (κ1) is 24.1. The Labute approximate surface area is 213 Å². The Balaban J connectivity index is 1.52. The van der Waals surface area contributed by atoms with Crippen molar-refractivity contribution in [2.75, 3.05) is 4.90 Å². The summed E-state index contributed by atoms with van der Waals surface area (Å²) in [5.41, 5.74) is 2.51. The number of aryl methyl sites for hydroxylation is 1. The molecule has 0 atom stereocenters. The molecular weight excluding hydrogens is 565 g/mol. The molecule has 0 spiro atoms. The fourth-order valence-electron chi connectivity index (χ4n) is 3.35. The highest BCUT2D eigenvalue weighted by molar-refractivity contribution is 14.1. The largest absolute Gasteiger partial charge is 0.488 e. The third-order valence-electron chi connectivity index (χ3n) is 5.20. The third kappa shape index (κ3) is 5.38. The van der Waals surface area contributed by atoms with Crippen LogP contribution in [0.15, 0.2) is 72.3 Å². The minimum absolute atomic E-state index is 0.00432. The van der Waals surface area contributed by atoms with E-state index in [1.165, 1.54) is 18.2 Å². The van der Waals surface area contributed by atoms with Crippen LogP contribution in [0.5, 0.6) is 5.75 Å². The van der Waals surface area contributed by atoms with Crippen LogP contribution in [0.4, 0.5) is 16.2 Å². The summed E-state index contributed by atoms with van der Waals surface area (Å²) in [6.07, 6.45) is 1.42. The van der Waals surface area contributed by atoms with Crippen LogP contribution < -0.4 is 15.0 Å². The summed E-state index contributed by atoms with van der Waals surface area (Å²) in [6.45, 7) is 2.10. The van der Waals surface area contributed by atoms with Crippen molar-refractivity contribution in [1.29, 1.82) is 0 Å². The van der Waals surface area contributed by atoms with Crippen molar-refractivity contribution in [2.24, 2.45) is 0 Å². The van der Waals surface area contributed by atoms with Gasteiger partial charge in [-0.15, -0.1) is 0 Å². The average Bonchev–Trinajstić information content (AvgIpc) is 2.82. The second-order valence-electron chi connectivity index (χ2n) is 7.70. The predicted octanol–water partition coefficient (Wildman–Crippen LogP) is 4.75. The van der Waals surface area contributed by atoms with Crippen LogP contribution in [0.2, 0.25) is 0 Å². The number of rotatable bonds is 6. The Kier molecular flexibility index (Phi) is 6.92. The van der Waals surface area contributed by atoms with Crippen molar-refractivity contribution in [3.05, 3.63) is 103 Å². The molecule has 1 aliphatic heterocycles. The molecule has 4 amide bonds. The Bertz CT molecular complexity index is 1370. The van der Waals surface area contributed by atoms with Gasteiger partial charge < -0.3 is 4.74 Å². The van der Waals surface area contributed by atoms with E-state index in [1.54, 1.807) is 54.6 Å². The number of halogens is 1. The maximum absolute atomic E-state index is 13.0. The number of nitro benzene ring substituents is 1. The number of hydrogen-bond donors (Lipinski definition) is 1. The molecule has 3 aromatic rings. The molecule has 176 valence electrons. The second kappa shape index (κ2) is 10.1. The Hall–Kier alpha value is -4.06. The Morgan fingerprint density at radius 1 is 1.03 bits per heavy atom. The first-order valence-electron chi connectivity index (χ1n) is 10.4. The fourth-order valence-corrected chi connectivity index (χ4v) is 4.05. The molecule has 4 rings (SSSR count). The number of ether oxygens (including phenoxy) is 1. The van der Waals surface area contributed by atoms with Gasteiger partial charge >= 0.3 is 6.03 Å². The standard InChI is InChI=1S/C25H18IN3O6/c1-15-2-7-18(8-3-15)28-24(31)20(23(30)27-25(28)32)12-17-6-11-22(21(26)13-17)35-14-16-4-9-19(10-5-16)29(33)34/h2-13H,14H2,1H3,(H,27,30,32)/b20-12+. The molecule has 1 aliphatic rings. The van der Waals surface area contributed by atoms with Crippen LogP contribution in [0.25, 0.3) is 6.08 Å². The van der Waals surface area contributed by atoms with Gasteiger partial charge in [-0.25, -0.2) is 9.69 Å². The van der Waals surface area contributed by atoms with Gasteiger partial charge in [0.1, 0.15) is 17.9 Å². The molecule has 0 saturated carbocycles. The number of nitrogens with one attached hydrogen (secondary N) is 1. The van der Waals surface area contributed by atoms with E-state index in [9.17, 15) is 24.5 Å². The van der Waals surface area contributed by atoms with Crippen molar-refractivity contribution in [2.45, 2.75) is 13.5 Å². The van der Waals surface area contributed by atoms with E-state index in [0.29, 0.717) is 17.0 Å². The number of carbonyl (C=O) groups is 3. The number of anilines is 1. The monoisotopic (exact) mass is 583 g/mol. The summed E-state index contributed by atoms with van der Waals surface area (Å²) in [6, 6.07) is 17.2. The average molecular weight is 583 g/mol. The van der Waals surface area contributed by atoms with Gasteiger partial charge in [0.2, 0.25) is 0 Å². The number of benzene rings is 3. The number of nitro groups is 1. The van der Waals surface area contributed by atoms with Crippen LogP contribution >= 0.6 is 22.6 Å². The SMILES string of the molecule is Cc1ccc(N2C(=O)NC(=O)/C(=C\c3ccc(OCc4ccc([N+](=O)[O-])cc4)c(I)c3)C2=O)cc1. The maximum atomic E-state index is 13.0. The zero-order valence-corrected chi connectivity index (χ0v) is 20.5. The molecule has 1 N–H and O–H groups in total. The number of nitrogens with zero attached hydrogens (tertiary/aromatic N) is 2. The molecule has 10 heteroatoms. The zero-order valence-electron chi connectivity index (χ0n) is 18.4. The summed E-state index contributed by atoms with van der Waals surface area (Å²) in [5.74, 6) is -0.907. The number of imide groups is 2. The van der Waals surface area contributed by atoms with Crippen molar-refractivity contribution in [3.63, 3.8) is 0 Å². The van der Waals surface area contributed by atoms with Crippen LogP contribution in [-0.4, -0.2) is 22.8 Å². The minimum atomic E-state index is -0.800. The maximum Gasteiger partial charge on any atom is 0.335 e. The summed E-state index contributed by atoms with van der Waals surface area (Å²) in [7, 11) is 0. The van der Waals surface area contributed by atoms with Gasteiger partial charge in [-0.3, -0.25) is 25.0 Å². The highest BCUT2D eigenvalue weighted by Gasteiger charge is 2.36. The molecule has 0 unspecified atom stereocenters. The molecule has 0 bridgehead atoms. The molecule has 0 radical (unpaired) electrons. The number of amides is 4. The van der Waals surface area contributed by atoms with Crippen LogP contribution in [0.1, 0.15) is 16.7 Å². The van der Waals surface area contributed by atoms with Gasteiger partial charge in [0, 0.05) is 12.1 Å². The number of urea groups is 1. The summed E-state index contributed by atoms with van der Waals surface area (Å²) < 4.78 is 6.54. The Morgan fingerprint density at radius 3 is 2.34 bits per heavy atom. The molecule has 1 saturated heterocycles. The fraction of sp³-hybridized carbons (Fsp3) is 0.0800. The van der Waals surface area contributed by atoms with Crippen LogP contribution in [0, 0.1) is 20.6 Å². The van der Waals surface area contributed by atoms with E-state index in [1.807, 2.05) is 6.92 Å². The van der Waals surface area contributed by atoms with E-state index >= 15 is 0 Å². The third-order valence-corrected chi connectivity index (χ3v) is 6.05. The first-order chi connectivity index (χ1) is 16.7. The molecule has 9 nitrogen and oxygen atoms in total. The van der Waals surface area contributed by atoms with Crippen molar-refractivity contribution < 1.29 is 24.0 Å². The summed E-state index contributed by atoms with van der Waals surface area (Å²) >= 11 is 2.07. The second-order valence-corrected chi connectivity index (χ2v) is 8.86. The van der Waals surface area contributed by atoms with Crippen molar-refractivity contribution in [1.82, 2.24) is 5.32 Å². The zero-order chi connectivity index (χ0) is 25.1. The van der Waals surface area contributed by atoms with Gasteiger partial charge in [-0.2, -0.15) is 0 Å². The van der Waals surface area contributed by atoms with Gasteiger partial charge in [0.15, 0.2) is 0 Å². The van der Waals surface area contributed by atoms with Crippen molar-refractivity contribution in [3.8, 4) is 5.75 Å². The summed E-state index contributed by atoms with van der Waals surface area (Å²) in [5, 5.41) is 13.0. The van der Waals surface area contributed by atoms with E-state index in [0.717, 1.165) is 19.6 Å². The summed E-state index contributed by atoms with van der Waals surface area (Å²) in [4.78, 5) is 49.0. The number of carbonyl (C=O) groups excluding carboxylic acids is 3. The number of barbiturate groups is 1. The molecule has 1 heterocycles. The predicted molar refractivity (Wildman–Crippen MR) is 137 cm³/mol. The van der Waals surface area contributed by atoms with Gasteiger partial charge in [-0.1, -0.05) is 23.8 Å². The smallest absolute Gasteiger partial charge is 0.335 e. The number of non-ortho nitro benzene ring substituents is 1. The minimum Gasteiger partial charge on any atom is -0.488 e. The molecule has 3 aromatic carbocycles. The number of hydrogen-bond acceptors (Lipinski definition) is 6. The van der Waals surface area contributed by atoms with Gasteiger partial charge in [0.25, 0.3) is 17.5 Å². The molecule has 1 fully saturated rings. The molecule has 0 aromatic heterocycles. The van der Waals surface area contributed by atoms with Crippen LogP contribution in [-0.2, 0) is 16.2 Å². The topological polar surface area (TPSA) is 119 Å². The first-order valence-corrected chi connectivity index (χ1v) is 11.4. The van der Waals surface area contributed by atoms with Gasteiger partial charge in [-0.05, 0) is 83.1 Å². The van der Waals surface area contributed by atoms with E-state index in [-0.39, 0.29) is 17.9 Å². The molecule has 0 aliphatic carbocycles. The highest BCUT2D eigenvalue weighted by atomic mass is 127. The highest BCUT2D eigenvalue weighted by Crippen LogP contribution is 2.26. The van der Waals surface area contributed by atoms with E-state index in [2.05, 4.69) is 27.9 Å².